The van der Waals surface area contributed by atoms with Crippen molar-refractivity contribution < 1.29 is 0 Å². The lowest BCUT2D eigenvalue weighted by Gasteiger charge is -2.25. The maximum atomic E-state index is 10.0. The number of benzene rings is 3. The van der Waals surface area contributed by atoms with Crippen LogP contribution in [0.4, 0.5) is 5.82 Å². The molecule has 1 aliphatic rings. The number of fused-ring (bicyclic) bond motifs is 1. The van der Waals surface area contributed by atoms with E-state index in [1.54, 1.807) is 0 Å². The number of nitrogens with zero attached hydrogens (tertiary/aromatic N) is 3. The first-order valence-electron chi connectivity index (χ1n) is 9.93. The molecule has 1 aliphatic heterocycles. The van der Waals surface area contributed by atoms with Crippen molar-refractivity contribution in [2.75, 3.05) is 5.32 Å². The van der Waals surface area contributed by atoms with E-state index in [9.17, 15) is 5.26 Å². The predicted molar refractivity (Wildman–Crippen MR) is 120 cm³/mol. The van der Waals surface area contributed by atoms with Crippen LogP contribution < -0.4 is 5.32 Å². The first kappa shape index (κ1) is 18.0. The monoisotopic (exact) mass is 388 g/mol. The molecule has 3 aromatic carbocycles. The van der Waals surface area contributed by atoms with Crippen LogP contribution in [0.1, 0.15) is 28.3 Å². The molecule has 0 saturated carbocycles. The molecular formula is C26H20N4. The number of hydrogen-bond acceptors (Lipinski definition) is 3. The van der Waals surface area contributed by atoms with E-state index in [-0.39, 0.29) is 6.04 Å². The molecular weight excluding hydrogens is 368 g/mol. The molecule has 1 unspecified atom stereocenters. The molecule has 1 aromatic heterocycles. The van der Waals surface area contributed by atoms with Crippen molar-refractivity contribution in [2.45, 2.75) is 13.0 Å². The quantitative estimate of drug-likeness (QED) is 0.483. The Morgan fingerprint density at radius 3 is 2.20 bits per heavy atom. The van der Waals surface area contributed by atoms with Gasteiger partial charge in [-0.25, -0.2) is 4.68 Å². The van der Waals surface area contributed by atoms with Gasteiger partial charge in [-0.3, -0.25) is 0 Å². The second-order valence-electron chi connectivity index (χ2n) is 7.42. The van der Waals surface area contributed by atoms with Crippen molar-refractivity contribution >= 4 is 11.5 Å². The fourth-order valence-corrected chi connectivity index (χ4v) is 3.85. The number of nitriles is 1. The van der Waals surface area contributed by atoms with Gasteiger partial charge in [0.15, 0.2) is 0 Å². The fourth-order valence-electron chi connectivity index (χ4n) is 3.85. The summed E-state index contributed by atoms with van der Waals surface area (Å²) in [5.74, 6) is 0.725. The topological polar surface area (TPSA) is 53.6 Å². The third-order valence-electron chi connectivity index (χ3n) is 5.41. The van der Waals surface area contributed by atoms with E-state index >= 15 is 0 Å². The fraction of sp³-hybridized carbons (Fsp3) is 0.0769. The van der Waals surface area contributed by atoms with E-state index in [0.29, 0.717) is 11.3 Å². The molecule has 0 spiro atoms. The SMILES string of the molecule is Cc1ccc(-c2nn3c(c2C#N)NC(c2ccccc2)=CC3c2ccccc2)cc1. The van der Waals surface area contributed by atoms with Gasteiger partial charge in [0.2, 0.25) is 0 Å². The van der Waals surface area contributed by atoms with Gasteiger partial charge in [-0.05, 0) is 24.1 Å². The van der Waals surface area contributed by atoms with E-state index < -0.39 is 0 Å². The lowest BCUT2D eigenvalue weighted by Crippen LogP contribution is -2.20. The van der Waals surface area contributed by atoms with Crippen molar-refractivity contribution in [1.29, 1.82) is 5.26 Å². The zero-order chi connectivity index (χ0) is 20.5. The van der Waals surface area contributed by atoms with Crippen LogP contribution >= 0.6 is 0 Å². The highest BCUT2D eigenvalue weighted by Crippen LogP contribution is 2.38. The van der Waals surface area contributed by atoms with Gasteiger partial charge in [-0.2, -0.15) is 10.4 Å². The summed E-state index contributed by atoms with van der Waals surface area (Å²) < 4.78 is 1.93. The molecule has 0 fully saturated rings. The van der Waals surface area contributed by atoms with Gasteiger partial charge in [0, 0.05) is 11.3 Å². The minimum absolute atomic E-state index is 0.107. The second-order valence-corrected chi connectivity index (χ2v) is 7.42. The molecule has 4 heteroatoms. The predicted octanol–water partition coefficient (Wildman–Crippen LogP) is 5.79. The van der Waals surface area contributed by atoms with Crippen molar-refractivity contribution in [3.05, 3.63) is 113 Å². The minimum Gasteiger partial charge on any atom is -0.339 e. The zero-order valence-electron chi connectivity index (χ0n) is 16.6. The van der Waals surface area contributed by atoms with Gasteiger partial charge in [-0.15, -0.1) is 0 Å². The second kappa shape index (κ2) is 7.38. The van der Waals surface area contributed by atoms with Crippen LogP contribution in [0, 0.1) is 18.3 Å². The van der Waals surface area contributed by atoms with E-state index in [1.807, 2.05) is 65.3 Å². The molecule has 2 heterocycles. The summed E-state index contributed by atoms with van der Waals surface area (Å²) in [5, 5.41) is 18.4. The van der Waals surface area contributed by atoms with Crippen LogP contribution in [-0.4, -0.2) is 9.78 Å². The molecule has 30 heavy (non-hydrogen) atoms. The first-order chi connectivity index (χ1) is 14.7. The summed E-state index contributed by atoms with van der Waals surface area (Å²) in [6.45, 7) is 2.05. The van der Waals surface area contributed by atoms with E-state index in [4.69, 9.17) is 5.10 Å². The van der Waals surface area contributed by atoms with Crippen LogP contribution in [-0.2, 0) is 0 Å². The lowest BCUT2D eigenvalue weighted by atomic mass is 10.0. The Labute approximate surface area is 175 Å². The van der Waals surface area contributed by atoms with E-state index in [2.05, 4.69) is 48.7 Å². The molecule has 4 nitrogen and oxygen atoms in total. The number of nitrogens with one attached hydrogen (secondary N) is 1. The van der Waals surface area contributed by atoms with E-state index in [0.717, 1.165) is 28.2 Å². The summed E-state index contributed by atoms with van der Waals surface area (Å²) in [7, 11) is 0. The molecule has 1 N–H and O–H groups in total. The average Bonchev–Trinajstić information content (AvgIpc) is 3.18. The number of anilines is 1. The summed E-state index contributed by atoms with van der Waals surface area (Å²) >= 11 is 0. The molecule has 0 amide bonds. The van der Waals surface area contributed by atoms with Gasteiger partial charge in [-0.1, -0.05) is 90.5 Å². The molecule has 4 aromatic rings. The minimum atomic E-state index is -0.107. The molecule has 1 atom stereocenters. The van der Waals surface area contributed by atoms with Gasteiger partial charge in [0.05, 0.1) is 6.04 Å². The largest absolute Gasteiger partial charge is 0.339 e. The summed E-state index contributed by atoms with van der Waals surface area (Å²) in [5.41, 5.74) is 6.54. The standard InChI is InChI=1S/C26H20N4/c1-18-12-14-21(15-13-18)25-22(17-27)26-28-23(19-8-4-2-5-9-19)16-24(30(26)29-25)20-10-6-3-7-11-20/h2-16,24,28H,1H3. The molecule has 144 valence electrons. The third-order valence-corrected chi connectivity index (χ3v) is 5.41. The normalized spacial score (nSPS) is 14.9. The van der Waals surface area contributed by atoms with Gasteiger partial charge in [0.1, 0.15) is 23.1 Å². The van der Waals surface area contributed by atoms with Gasteiger partial charge in [0.25, 0.3) is 0 Å². The molecule has 0 radical (unpaired) electrons. The Morgan fingerprint density at radius 1 is 0.867 bits per heavy atom. The maximum absolute atomic E-state index is 10.0. The molecule has 0 aliphatic carbocycles. The van der Waals surface area contributed by atoms with Crippen molar-refractivity contribution in [3.63, 3.8) is 0 Å². The van der Waals surface area contributed by atoms with Crippen molar-refractivity contribution in [2.24, 2.45) is 0 Å². The number of aromatic nitrogens is 2. The Bertz CT molecular complexity index is 1260. The third kappa shape index (κ3) is 3.07. The van der Waals surface area contributed by atoms with Gasteiger partial charge >= 0.3 is 0 Å². The van der Waals surface area contributed by atoms with Crippen molar-refractivity contribution in [3.8, 4) is 17.3 Å². The Kier molecular flexibility index (Phi) is 4.42. The Hall–Kier alpha value is -4.10. The van der Waals surface area contributed by atoms with Crippen LogP contribution in [0.5, 0.6) is 0 Å². The summed E-state index contributed by atoms with van der Waals surface area (Å²) in [6, 6.07) is 30.9. The van der Waals surface area contributed by atoms with Crippen LogP contribution in [0.25, 0.3) is 17.0 Å². The van der Waals surface area contributed by atoms with Crippen LogP contribution in [0.2, 0.25) is 0 Å². The van der Waals surface area contributed by atoms with E-state index in [1.165, 1.54) is 5.56 Å². The van der Waals surface area contributed by atoms with Crippen LogP contribution in [0.15, 0.2) is 91.0 Å². The molecule has 0 bridgehead atoms. The average molecular weight is 388 g/mol. The van der Waals surface area contributed by atoms with Gasteiger partial charge < -0.3 is 5.32 Å². The zero-order valence-corrected chi connectivity index (χ0v) is 16.6. The lowest BCUT2D eigenvalue weighted by molar-refractivity contribution is 0.615. The highest BCUT2D eigenvalue weighted by atomic mass is 15.4. The highest BCUT2D eigenvalue weighted by Gasteiger charge is 2.28. The maximum Gasteiger partial charge on any atom is 0.148 e. The van der Waals surface area contributed by atoms with Crippen LogP contribution in [0.3, 0.4) is 0 Å². The molecule has 0 saturated heterocycles. The Balaban J connectivity index is 1.71. The number of rotatable bonds is 3. The summed E-state index contributed by atoms with van der Waals surface area (Å²) in [4.78, 5) is 0. The molecule has 5 rings (SSSR count). The number of allylic oxidation sites excluding steroid dienone is 1. The summed E-state index contributed by atoms with van der Waals surface area (Å²) in [6.07, 6.45) is 2.17. The highest BCUT2D eigenvalue weighted by molar-refractivity contribution is 5.84. The smallest absolute Gasteiger partial charge is 0.148 e. The first-order valence-corrected chi connectivity index (χ1v) is 9.93. The number of hydrogen-bond donors (Lipinski definition) is 1. The van der Waals surface area contributed by atoms with Crippen molar-refractivity contribution in [1.82, 2.24) is 9.78 Å². The number of aryl methyl sites for hydroxylation is 1. The Morgan fingerprint density at radius 2 is 1.53 bits per heavy atom.